The third-order valence-corrected chi connectivity index (χ3v) is 4.40. The van der Waals surface area contributed by atoms with Crippen LogP contribution in [0.2, 0.25) is 0 Å². The van der Waals surface area contributed by atoms with Gasteiger partial charge in [-0.3, -0.25) is 9.59 Å². The van der Waals surface area contributed by atoms with Crippen molar-refractivity contribution in [3.05, 3.63) is 44.2 Å². The fourth-order valence-corrected chi connectivity index (χ4v) is 3.03. The van der Waals surface area contributed by atoms with Crippen molar-refractivity contribution in [3.63, 3.8) is 0 Å². The lowest BCUT2D eigenvalue weighted by molar-refractivity contribution is -0.429. The Balaban J connectivity index is 1.88. The van der Waals surface area contributed by atoms with E-state index in [1.165, 1.54) is 13.1 Å². The van der Waals surface area contributed by atoms with Gasteiger partial charge in [0.1, 0.15) is 24.0 Å². The van der Waals surface area contributed by atoms with Crippen LogP contribution in [0.3, 0.4) is 0 Å². The molecule has 1 fully saturated rings. The van der Waals surface area contributed by atoms with E-state index in [0.29, 0.717) is 0 Å². The zero-order valence-electron chi connectivity index (χ0n) is 13.3. The molecule has 7 heteroatoms. The summed E-state index contributed by atoms with van der Waals surface area (Å²) in [6.45, 7) is 0. The Bertz CT molecular complexity index is 859. The van der Waals surface area contributed by atoms with Crippen LogP contribution < -0.4 is 26.5 Å². The average molecular weight is 330 g/mol. The fraction of sp³-hybridized carbons (Fsp3) is 0.353. The third kappa shape index (κ3) is 2.73. The number of anilines is 3. The molecule has 0 spiro atoms. The van der Waals surface area contributed by atoms with Gasteiger partial charge in [0.15, 0.2) is 5.75 Å². The summed E-state index contributed by atoms with van der Waals surface area (Å²) in [4.78, 5) is 26.3. The SMILES string of the molecule is C[NH+]=C(O)c1cccc(Nc2c(NC3CCCC3)c(=O)c2=O)c1O. The van der Waals surface area contributed by atoms with Gasteiger partial charge >= 0.3 is 5.90 Å². The first-order valence-corrected chi connectivity index (χ1v) is 7.95. The highest BCUT2D eigenvalue weighted by Gasteiger charge is 2.26. The van der Waals surface area contributed by atoms with Crippen molar-refractivity contribution in [1.29, 1.82) is 0 Å². The van der Waals surface area contributed by atoms with E-state index in [0.717, 1.165) is 25.7 Å². The maximum Gasteiger partial charge on any atom is 0.369 e. The topological polar surface area (TPSA) is 113 Å². The van der Waals surface area contributed by atoms with Gasteiger partial charge in [-0.2, -0.15) is 0 Å². The van der Waals surface area contributed by atoms with Gasteiger partial charge in [-0.15, -0.1) is 0 Å². The number of para-hydroxylation sites is 1. The largest absolute Gasteiger partial charge is 0.505 e. The molecule has 24 heavy (non-hydrogen) atoms. The lowest BCUT2D eigenvalue weighted by Gasteiger charge is -2.19. The molecule has 0 radical (unpaired) electrons. The van der Waals surface area contributed by atoms with Crippen molar-refractivity contribution in [3.8, 4) is 5.75 Å². The standard InChI is InChI=1S/C17H19N3O4/c1-18-17(24)10-7-4-8-11(14(10)21)20-13-12(15(22)16(13)23)19-9-5-2-3-6-9/h4,7-9,19-21H,2-3,5-6H2,1H3,(H,18,24)/p+1. The Morgan fingerprint density at radius 3 is 2.50 bits per heavy atom. The van der Waals surface area contributed by atoms with Crippen LogP contribution in [0.25, 0.3) is 0 Å². The molecule has 126 valence electrons. The van der Waals surface area contributed by atoms with E-state index in [-0.39, 0.29) is 40.3 Å². The van der Waals surface area contributed by atoms with Gasteiger partial charge in [0.25, 0.3) is 10.9 Å². The molecular weight excluding hydrogens is 310 g/mol. The van der Waals surface area contributed by atoms with Crippen LogP contribution in [0.1, 0.15) is 31.2 Å². The van der Waals surface area contributed by atoms with Crippen LogP contribution >= 0.6 is 0 Å². The number of aliphatic hydroxyl groups excluding tert-OH is 1. The highest BCUT2D eigenvalue weighted by molar-refractivity contribution is 5.94. The van der Waals surface area contributed by atoms with Crippen LogP contribution in [0.4, 0.5) is 17.1 Å². The maximum absolute atomic E-state index is 11.9. The van der Waals surface area contributed by atoms with E-state index in [9.17, 15) is 19.8 Å². The highest BCUT2D eigenvalue weighted by atomic mass is 16.3. The van der Waals surface area contributed by atoms with E-state index >= 15 is 0 Å². The first-order chi connectivity index (χ1) is 11.5. The first kappa shape index (κ1) is 16.0. The molecule has 0 heterocycles. The van der Waals surface area contributed by atoms with Gasteiger partial charge in [-0.05, 0) is 25.0 Å². The summed E-state index contributed by atoms with van der Waals surface area (Å²) in [5.74, 6) is -0.394. The number of aliphatic hydroxyl groups is 1. The molecule has 2 aromatic carbocycles. The zero-order valence-corrected chi connectivity index (χ0v) is 13.3. The number of hydrogen-bond acceptors (Lipinski definition) is 5. The molecule has 0 atom stereocenters. The summed E-state index contributed by atoms with van der Waals surface area (Å²) < 4.78 is 0. The summed E-state index contributed by atoms with van der Waals surface area (Å²) in [5, 5.41) is 26.0. The normalized spacial score (nSPS) is 15.8. The van der Waals surface area contributed by atoms with Crippen LogP contribution in [0, 0.1) is 0 Å². The predicted octanol–water partition coefficient (Wildman–Crippen LogP) is 0.101. The van der Waals surface area contributed by atoms with Crippen LogP contribution in [0.15, 0.2) is 27.8 Å². The number of phenolic OH excluding ortho intramolecular Hbond substituents is 1. The summed E-state index contributed by atoms with van der Waals surface area (Å²) in [5.41, 5.74) is -0.268. The van der Waals surface area contributed by atoms with Gasteiger partial charge in [0.05, 0.1) is 5.69 Å². The minimum Gasteiger partial charge on any atom is -0.505 e. The number of benzene rings is 1. The second-order valence-corrected chi connectivity index (χ2v) is 5.96. The van der Waals surface area contributed by atoms with E-state index in [4.69, 9.17) is 0 Å². The van der Waals surface area contributed by atoms with E-state index in [1.807, 2.05) is 0 Å². The number of rotatable bonds is 5. The van der Waals surface area contributed by atoms with Gasteiger partial charge in [0, 0.05) is 6.04 Å². The lowest BCUT2D eigenvalue weighted by atomic mass is 10.1. The quantitative estimate of drug-likeness (QED) is 0.230. The van der Waals surface area contributed by atoms with Crippen LogP contribution in [-0.2, 0) is 0 Å². The Kier molecular flexibility index (Phi) is 4.24. The molecule has 7 nitrogen and oxygen atoms in total. The number of nitrogens with one attached hydrogen (secondary N) is 3. The Morgan fingerprint density at radius 1 is 1.17 bits per heavy atom. The van der Waals surface area contributed by atoms with Crippen molar-refractivity contribution in [2.75, 3.05) is 17.7 Å². The summed E-state index contributed by atoms with van der Waals surface area (Å²) in [6.07, 6.45) is 4.17. The van der Waals surface area contributed by atoms with Crippen molar-refractivity contribution in [2.24, 2.45) is 0 Å². The maximum atomic E-state index is 11.9. The molecule has 1 aliphatic carbocycles. The van der Waals surface area contributed by atoms with E-state index in [2.05, 4.69) is 15.6 Å². The predicted molar refractivity (Wildman–Crippen MR) is 92.2 cm³/mol. The molecular formula is C17H20N3O4+. The fourth-order valence-electron chi connectivity index (χ4n) is 3.03. The molecule has 3 rings (SSSR count). The Labute approximate surface area is 138 Å². The van der Waals surface area contributed by atoms with Gasteiger partial charge in [-0.1, -0.05) is 18.9 Å². The summed E-state index contributed by atoms with van der Waals surface area (Å²) >= 11 is 0. The smallest absolute Gasteiger partial charge is 0.369 e. The Hall–Kier alpha value is -2.83. The van der Waals surface area contributed by atoms with E-state index in [1.54, 1.807) is 12.1 Å². The molecule has 1 saturated carbocycles. The van der Waals surface area contributed by atoms with Crippen molar-refractivity contribution in [1.82, 2.24) is 0 Å². The zero-order chi connectivity index (χ0) is 17.3. The monoisotopic (exact) mass is 330 g/mol. The molecule has 5 N–H and O–H groups in total. The van der Waals surface area contributed by atoms with Crippen molar-refractivity contribution < 1.29 is 15.2 Å². The summed E-state index contributed by atoms with van der Waals surface area (Å²) in [7, 11) is 1.52. The molecule has 1 aliphatic rings. The lowest BCUT2D eigenvalue weighted by Crippen LogP contribution is -2.68. The number of aromatic hydroxyl groups is 1. The number of hydrogen-bond donors (Lipinski definition) is 5. The van der Waals surface area contributed by atoms with E-state index < -0.39 is 10.9 Å². The second kappa shape index (κ2) is 6.35. The average Bonchev–Trinajstić information content (AvgIpc) is 3.11. The molecule has 0 amide bonds. The third-order valence-electron chi connectivity index (χ3n) is 4.40. The highest BCUT2D eigenvalue weighted by Crippen LogP contribution is 2.32. The minimum atomic E-state index is -0.609. The minimum absolute atomic E-state index is 0.156. The number of phenols is 1. The van der Waals surface area contributed by atoms with Crippen molar-refractivity contribution >= 4 is 23.0 Å². The molecule has 0 aliphatic heterocycles. The molecule has 2 aromatic rings. The summed E-state index contributed by atoms with van der Waals surface area (Å²) in [6, 6.07) is 4.93. The van der Waals surface area contributed by atoms with Gasteiger partial charge in [0.2, 0.25) is 0 Å². The van der Waals surface area contributed by atoms with Crippen molar-refractivity contribution in [2.45, 2.75) is 31.7 Å². The van der Waals surface area contributed by atoms with Gasteiger partial charge < -0.3 is 20.8 Å². The molecule has 0 aromatic heterocycles. The first-order valence-electron chi connectivity index (χ1n) is 7.95. The molecule has 0 saturated heterocycles. The van der Waals surface area contributed by atoms with Gasteiger partial charge in [-0.25, -0.2) is 4.99 Å². The molecule has 0 bridgehead atoms. The second-order valence-electron chi connectivity index (χ2n) is 5.96. The molecule has 0 unspecified atom stereocenters. The van der Waals surface area contributed by atoms with Crippen LogP contribution in [0.5, 0.6) is 5.75 Å². The van der Waals surface area contributed by atoms with Crippen LogP contribution in [-0.4, -0.2) is 29.2 Å². The Morgan fingerprint density at radius 2 is 1.83 bits per heavy atom.